The molecule has 0 saturated heterocycles. The van der Waals surface area contributed by atoms with Gasteiger partial charge < -0.3 is 4.57 Å². The first kappa shape index (κ1) is 21.1. The third-order valence-corrected chi connectivity index (χ3v) is 6.33. The van der Waals surface area contributed by atoms with Gasteiger partial charge in [0, 0.05) is 6.54 Å². The van der Waals surface area contributed by atoms with Crippen LogP contribution in [0.5, 0.6) is 0 Å². The first-order valence-electron chi connectivity index (χ1n) is 10.7. The Labute approximate surface area is 185 Å². The summed E-state index contributed by atoms with van der Waals surface area (Å²) in [6, 6.07) is 17.5. The smallest absolute Gasteiger partial charge is 0.262 e. The van der Waals surface area contributed by atoms with E-state index < -0.39 is 0 Å². The molecule has 0 N–H and O–H groups in total. The van der Waals surface area contributed by atoms with E-state index in [1.807, 2.05) is 36.4 Å². The maximum absolute atomic E-state index is 12.9. The molecular weight excluding hydrogens is 406 g/mol. The van der Waals surface area contributed by atoms with E-state index >= 15 is 0 Å². The highest BCUT2D eigenvalue weighted by molar-refractivity contribution is 7.98. The van der Waals surface area contributed by atoms with Crippen molar-refractivity contribution in [1.82, 2.24) is 19.1 Å². The van der Waals surface area contributed by atoms with Crippen LogP contribution >= 0.6 is 11.8 Å². The van der Waals surface area contributed by atoms with Gasteiger partial charge >= 0.3 is 0 Å². The number of unbranched alkanes of at least 4 members (excludes halogenated alkanes) is 3. The van der Waals surface area contributed by atoms with E-state index in [9.17, 15) is 10.1 Å². The second-order valence-electron chi connectivity index (χ2n) is 7.48. The molecule has 0 atom stereocenters. The van der Waals surface area contributed by atoms with Gasteiger partial charge in [-0.3, -0.25) is 9.36 Å². The normalized spacial score (nSPS) is 11.2. The molecule has 31 heavy (non-hydrogen) atoms. The van der Waals surface area contributed by atoms with E-state index in [0.29, 0.717) is 22.5 Å². The van der Waals surface area contributed by atoms with Crippen molar-refractivity contribution in [3.63, 3.8) is 0 Å². The molecule has 0 fully saturated rings. The number of imidazole rings is 1. The SMILES string of the molecule is CCCCCCn1c(SCc2nc3ccccc3c(=O)n2CC#N)nc2ccccc21. The predicted molar refractivity (Wildman–Crippen MR) is 125 cm³/mol. The summed E-state index contributed by atoms with van der Waals surface area (Å²) in [6.45, 7) is 3.12. The van der Waals surface area contributed by atoms with Crippen LogP contribution in [0.15, 0.2) is 58.5 Å². The molecule has 4 rings (SSSR count). The average molecular weight is 432 g/mol. The standard InChI is InChI=1S/C24H25N5OS/c1-2-3-4-9-15-28-21-13-8-7-12-20(21)27-24(28)31-17-22-26-19-11-6-5-10-18(19)23(30)29(22)16-14-25/h5-8,10-13H,2-4,9,15-17H2,1H3. The minimum absolute atomic E-state index is 0.0139. The van der Waals surface area contributed by atoms with Gasteiger partial charge in [0.1, 0.15) is 12.4 Å². The molecule has 0 amide bonds. The second-order valence-corrected chi connectivity index (χ2v) is 8.42. The van der Waals surface area contributed by atoms with Gasteiger partial charge in [0.05, 0.1) is 33.8 Å². The molecule has 0 aliphatic heterocycles. The first-order chi connectivity index (χ1) is 15.2. The molecule has 0 radical (unpaired) electrons. The van der Waals surface area contributed by atoms with Gasteiger partial charge in [-0.15, -0.1) is 0 Å². The fourth-order valence-electron chi connectivity index (χ4n) is 3.76. The van der Waals surface area contributed by atoms with Gasteiger partial charge in [-0.25, -0.2) is 9.97 Å². The third-order valence-electron chi connectivity index (χ3n) is 5.35. The number of thioether (sulfide) groups is 1. The van der Waals surface area contributed by atoms with Crippen LogP contribution in [-0.2, 0) is 18.8 Å². The largest absolute Gasteiger partial charge is 0.319 e. The zero-order chi connectivity index (χ0) is 21.6. The summed E-state index contributed by atoms with van der Waals surface area (Å²) in [5.74, 6) is 1.07. The zero-order valence-corrected chi connectivity index (χ0v) is 18.4. The Morgan fingerprint density at radius 2 is 1.74 bits per heavy atom. The van der Waals surface area contributed by atoms with Crippen LogP contribution in [0.2, 0.25) is 0 Å². The molecule has 0 unspecified atom stereocenters. The minimum Gasteiger partial charge on any atom is -0.319 e. The quantitative estimate of drug-likeness (QED) is 0.271. The molecule has 4 aromatic rings. The summed E-state index contributed by atoms with van der Waals surface area (Å²) in [4.78, 5) is 22.4. The van der Waals surface area contributed by atoms with Crippen LogP contribution in [0.25, 0.3) is 21.9 Å². The van der Waals surface area contributed by atoms with E-state index in [-0.39, 0.29) is 12.1 Å². The summed E-state index contributed by atoms with van der Waals surface area (Å²) in [7, 11) is 0. The fraction of sp³-hybridized carbons (Fsp3) is 0.333. The van der Waals surface area contributed by atoms with Gasteiger partial charge in [0.15, 0.2) is 5.16 Å². The summed E-state index contributed by atoms with van der Waals surface area (Å²) >= 11 is 1.57. The number of aromatic nitrogens is 4. The van der Waals surface area contributed by atoms with Gasteiger partial charge in [-0.05, 0) is 30.7 Å². The molecule has 0 aliphatic carbocycles. The topological polar surface area (TPSA) is 76.5 Å². The Morgan fingerprint density at radius 3 is 2.55 bits per heavy atom. The zero-order valence-electron chi connectivity index (χ0n) is 17.6. The highest BCUT2D eigenvalue weighted by Crippen LogP contribution is 2.27. The molecular formula is C24H25N5OS. The Hall–Kier alpha value is -3.11. The van der Waals surface area contributed by atoms with Crippen LogP contribution < -0.4 is 5.56 Å². The van der Waals surface area contributed by atoms with Crippen molar-refractivity contribution in [2.75, 3.05) is 0 Å². The highest BCUT2D eigenvalue weighted by Gasteiger charge is 2.15. The average Bonchev–Trinajstić information content (AvgIpc) is 3.15. The number of para-hydroxylation sites is 3. The van der Waals surface area contributed by atoms with Crippen molar-refractivity contribution in [2.45, 2.75) is 56.6 Å². The lowest BCUT2D eigenvalue weighted by molar-refractivity contribution is 0.563. The van der Waals surface area contributed by atoms with Crippen LogP contribution in [0.4, 0.5) is 0 Å². The van der Waals surface area contributed by atoms with Gasteiger partial charge in [-0.2, -0.15) is 5.26 Å². The molecule has 6 nitrogen and oxygen atoms in total. The minimum atomic E-state index is -0.171. The number of nitrogens with zero attached hydrogens (tertiary/aromatic N) is 5. The number of hydrogen-bond acceptors (Lipinski definition) is 5. The predicted octanol–water partition coefficient (Wildman–Crippen LogP) is 5.14. The lowest BCUT2D eigenvalue weighted by atomic mass is 10.2. The van der Waals surface area contributed by atoms with Crippen molar-refractivity contribution in [3.05, 3.63) is 64.7 Å². The van der Waals surface area contributed by atoms with E-state index in [1.54, 1.807) is 17.8 Å². The number of aryl methyl sites for hydroxylation is 1. The van der Waals surface area contributed by atoms with E-state index in [4.69, 9.17) is 9.97 Å². The Morgan fingerprint density at radius 1 is 0.968 bits per heavy atom. The van der Waals surface area contributed by atoms with Crippen molar-refractivity contribution in [3.8, 4) is 6.07 Å². The lowest BCUT2D eigenvalue weighted by Gasteiger charge is -2.12. The number of fused-ring (bicyclic) bond motifs is 2. The van der Waals surface area contributed by atoms with E-state index in [1.165, 1.54) is 23.8 Å². The van der Waals surface area contributed by atoms with Gasteiger partial charge in [0.25, 0.3) is 5.56 Å². The maximum atomic E-state index is 12.9. The lowest BCUT2D eigenvalue weighted by Crippen LogP contribution is -2.24. The van der Waals surface area contributed by atoms with Crippen molar-refractivity contribution < 1.29 is 0 Å². The van der Waals surface area contributed by atoms with Gasteiger partial charge in [0.2, 0.25) is 0 Å². The van der Waals surface area contributed by atoms with Crippen molar-refractivity contribution in [2.24, 2.45) is 0 Å². The summed E-state index contributed by atoms with van der Waals surface area (Å²) in [5, 5.41) is 10.7. The Bertz CT molecular complexity index is 1300. The van der Waals surface area contributed by atoms with Crippen LogP contribution in [0.1, 0.15) is 38.4 Å². The van der Waals surface area contributed by atoms with Gasteiger partial charge in [-0.1, -0.05) is 62.2 Å². The van der Waals surface area contributed by atoms with Crippen molar-refractivity contribution >= 4 is 33.7 Å². The molecule has 0 bridgehead atoms. The highest BCUT2D eigenvalue weighted by atomic mass is 32.2. The monoisotopic (exact) mass is 431 g/mol. The van der Waals surface area contributed by atoms with Crippen LogP contribution in [0.3, 0.4) is 0 Å². The first-order valence-corrected chi connectivity index (χ1v) is 11.6. The number of benzene rings is 2. The Kier molecular flexibility index (Phi) is 6.68. The molecule has 2 aromatic heterocycles. The van der Waals surface area contributed by atoms with Crippen LogP contribution in [-0.4, -0.2) is 19.1 Å². The van der Waals surface area contributed by atoms with Crippen molar-refractivity contribution in [1.29, 1.82) is 5.26 Å². The second kappa shape index (κ2) is 9.80. The summed E-state index contributed by atoms with van der Waals surface area (Å²) < 4.78 is 3.74. The molecule has 0 saturated carbocycles. The van der Waals surface area contributed by atoms with E-state index in [0.717, 1.165) is 29.2 Å². The molecule has 2 aromatic carbocycles. The molecule has 2 heterocycles. The van der Waals surface area contributed by atoms with Crippen LogP contribution in [0, 0.1) is 11.3 Å². The summed E-state index contributed by atoms with van der Waals surface area (Å²) in [6.07, 6.45) is 4.74. The number of nitriles is 1. The fourth-order valence-corrected chi connectivity index (χ4v) is 4.75. The molecule has 158 valence electrons. The molecule has 7 heteroatoms. The van der Waals surface area contributed by atoms with E-state index in [2.05, 4.69) is 23.6 Å². The number of rotatable bonds is 9. The molecule has 0 spiro atoms. The molecule has 0 aliphatic rings. The number of hydrogen-bond donors (Lipinski definition) is 0. The maximum Gasteiger partial charge on any atom is 0.262 e. The third kappa shape index (κ3) is 4.49. The summed E-state index contributed by atoms with van der Waals surface area (Å²) in [5.41, 5.74) is 2.59. The Balaban J connectivity index is 1.66.